The lowest BCUT2D eigenvalue weighted by Crippen LogP contribution is -2.31. The number of carbonyl (C=O) groups is 1. The molecule has 9 heteroatoms. The van der Waals surface area contributed by atoms with Gasteiger partial charge in [0, 0.05) is 5.92 Å². The highest BCUT2D eigenvalue weighted by Gasteiger charge is 2.28. The molecule has 2 aromatic heterocycles. The topological polar surface area (TPSA) is 114 Å². The van der Waals surface area contributed by atoms with Gasteiger partial charge >= 0.3 is 0 Å². The number of aromatic amines is 1. The molecule has 2 atom stereocenters. The van der Waals surface area contributed by atoms with Crippen LogP contribution in [-0.2, 0) is 4.79 Å². The van der Waals surface area contributed by atoms with Crippen molar-refractivity contribution < 1.29 is 4.79 Å². The highest BCUT2D eigenvalue weighted by atomic mass is 16.2. The van der Waals surface area contributed by atoms with Gasteiger partial charge in [0.05, 0.1) is 0 Å². The lowest BCUT2D eigenvalue weighted by Gasteiger charge is -2.20. The summed E-state index contributed by atoms with van der Waals surface area (Å²) in [6.45, 7) is 4.03. The van der Waals surface area contributed by atoms with Crippen molar-refractivity contribution in [3.8, 4) is 0 Å². The Labute approximate surface area is 140 Å². The third-order valence-corrected chi connectivity index (χ3v) is 4.83. The first-order chi connectivity index (χ1) is 11.7. The van der Waals surface area contributed by atoms with Crippen molar-refractivity contribution in [3.63, 3.8) is 0 Å². The van der Waals surface area contributed by atoms with Crippen LogP contribution >= 0.6 is 0 Å². The Morgan fingerprint density at radius 2 is 2.21 bits per heavy atom. The molecule has 9 nitrogen and oxygen atoms in total. The van der Waals surface area contributed by atoms with Crippen molar-refractivity contribution in [3.05, 3.63) is 12.2 Å². The molecule has 0 saturated heterocycles. The van der Waals surface area contributed by atoms with Crippen LogP contribution in [0.4, 0.5) is 5.95 Å². The minimum absolute atomic E-state index is 0.0882. The fourth-order valence-corrected chi connectivity index (χ4v) is 3.23. The van der Waals surface area contributed by atoms with Crippen LogP contribution in [0.25, 0.3) is 0 Å². The number of rotatable bonds is 6. The van der Waals surface area contributed by atoms with Gasteiger partial charge in [0.2, 0.25) is 5.95 Å². The van der Waals surface area contributed by atoms with Crippen LogP contribution in [-0.4, -0.2) is 41.3 Å². The van der Waals surface area contributed by atoms with Crippen LogP contribution in [0.2, 0.25) is 0 Å². The molecule has 2 aromatic rings. The quantitative estimate of drug-likeness (QED) is 0.837. The van der Waals surface area contributed by atoms with Gasteiger partial charge in [0.15, 0.2) is 0 Å². The number of aromatic nitrogens is 7. The zero-order valence-corrected chi connectivity index (χ0v) is 14.1. The van der Waals surface area contributed by atoms with Gasteiger partial charge in [-0.25, -0.2) is 4.68 Å². The molecule has 24 heavy (non-hydrogen) atoms. The second-order valence-electron chi connectivity index (χ2n) is 6.49. The van der Waals surface area contributed by atoms with Gasteiger partial charge in [-0.15, -0.1) is 10.2 Å². The van der Waals surface area contributed by atoms with Gasteiger partial charge in [-0.2, -0.15) is 4.98 Å². The number of H-pyrrole nitrogens is 1. The van der Waals surface area contributed by atoms with Gasteiger partial charge in [-0.05, 0) is 29.2 Å². The Hall–Kier alpha value is -2.32. The van der Waals surface area contributed by atoms with Crippen molar-refractivity contribution in [2.75, 3.05) is 5.32 Å². The normalized spacial score (nSPS) is 18.2. The third-order valence-electron chi connectivity index (χ3n) is 4.83. The van der Waals surface area contributed by atoms with E-state index in [0.29, 0.717) is 11.9 Å². The van der Waals surface area contributed by atoms with E-state index in [-0.39, 0.29) is 11.8 Å². The number of anilines is 1. The highest BCUT2D eigenvalue weighted by Crippen LogP contribution is 2.31. The summed E-state index contributed by atoms with van der Waals surface area (Å²) in [7, 11) is 0. The average molecular weight is 332 g/mol. The van der Waals surface area contributed by atoms with Crippen molar-refractivity contribution in [2.45, 2.75) is 64.3 Å². The summed E-state index contributed by atoms with van der Waals surface area (Å²) in [5.74, 6) is 1.49. The summed E-state index contributed by atoms with van der Waals surface area (Å²) >= 11 is 0. The monoisotopic (exact) mass is 332 g/mol. The molecule has 0 radical (unpaired) electrons. The molecule has 1 aliphatic rings. The highest BCUT2D eigenvalue weighted by molar-refractivity contribution is 5.92. The van der Waals surface area contributed by atoms with E-state index in [9.17, 15) is 4.79 Å². The maximum Gasteiger partial charge on any atom is 0.252 e. The van der Waals surface area contributed by atoms with Gasteiger partial charge in [0.1, 0.15) is 18.2 Å². The predicted octanol–water partition coefficient (Wildman–Crippen LogP) is 2.06. The van der Waals surface area contributed by atoms with E-state index in [1.54, 1.807) is 0 Å². The van der Waals surface area contributed by atoms with Crippen molar-refractivity contribution in [1.29, 1.82) is 0 Å². The molecule has 1 fully saturated rings. The molecule has 2 N–H and O–H groups in total. The first kappa shape index (κ1) is 16.5. The van der Waals surface area contributed by atoms with Gasteiger partial charge in [-0.3, -0.25) is 15.2 Å². The largest absolute Gasteiger partial charge is 0.291 e. The van der Waals surface area contributed by atoms with E-state index in [4.69, 9.17) is 0 Å². The molecule has 0 aliphatic heterocycles. The lowest BCUT2D eigenvalue weighted by atomic mass is 9.89. The van der Waals surface area contributed by atoms with Crippen LogP contribution in [0.1, 0.15) is 70.2 Å². The minimum Gasteiger partial charge on any atom is -0.291 e. The number of carbonyl (C=O) groups excluding carboxylic acids is 1. The number of nitrogens with one attached hydrogen (secondary N) is 2. The molecule has 1 amide bonds. The summed E-state index contributed by atoms with van der Waals surface area (Å²) in [6.07, 6.45) is 8.29. The molecule has 1 saturated carbocycles. The molecule has 1 aliphatic carbocycles. The van der Waals surface area contributed by atoms with E-state index in [1.807, 2.05) is 13.8 Å². The Balaban J connectivity index is 1.70. The number of tetrazole rings is 1. The molecule has 130 valence electrons. The maximum atomic E-state index is 12.7. The predicted molar refractivity (Wildman–Crippen MR) is 87.1 cm³/mol. The van der Waals surface area contributed by atoms with Crippen molar-refractivity contribution in [2.24, 2.45) is 5.92 Å². The third kappa shape index (κ3) is 3.60. The summed E-state index contributed by atoms with van der Waals surface area (Å²) < 4.78 is 1.48. The van der Waals surface area contributed by atoms with Crippen LogP contribution in [0.3, 0.4) is 0 Å². The summed E-state index contributed by atoms with van der Waals surface area (Å²) in [5.41, 5.74) is 0. The van der Waals surface area contributed by atoms with E-state index < -0.39 is 6.04 Å². The Kier molecular flexibility index (Phi) is 5.17. The zero-order valence-electron chi connectivity index (χ0n) is 14.1. The van der Waals surface area contributed by atoms with Gasteiger partial charge < -0.3 is 0 Å². The first-order valence-corrected chi connectivity index (χ1v) is 8.64. The minimum atomic E-state index is -0.485. The lowest BCUT2D eigenvalue weighted by molar-refractivity contribution is -0.121. The van der Waals surface area contributed by atoms with Crippen LogP contribution < -0.4 is 5.32 Å². The van der Waals surface area contributed by atoms with Gasteiger partial charge in [-0.1, -0.05) is 39.5 Å². The molecular formula is C15H24N8O. The van der Waals surface area contributed by atoms with E-state index in [2.05, 4.69) is 36.0 Å². The number of hydrogen-bond acceptors (Lipinski definition) is 6. The Morgan fingerprint density at radius 1 is 1.42 bits per heavy atom. The molecule has 0 aromatic carbocycles. The molecule has 3 rings (SSSR count). The van der Waals surface area contributed by atoms with Crippen LogP contribution in [0.15, 0.2) is 6.33 Å². The average Bonchev–Trinajstić information content (AvgIpc) is 3.28. The van der Waals surface area contributed by atoms with E-state index in [1.165, 1.54) is 30.3 Å². The smallest absolute Gasteiger partial charge is 0.252 e. The molecule has 2 heterocycles. The summed E-state index contributed by atoms with van der Waals surface area (Å²) in [6, 6.07) is -0.485. The van der Waals surface area contributed by atoms with E-state index >= 15 is 0 Å². The number of hydrogen-bond donors (Lipinski definition) is 2. The fraction of sp³-hybridized carbons (Fsp3) is 0.733. The maximum absolute atomic E-state index is 12.7. The Morgan fingerprint density at radius 3 is 2.88 bits per heavy atom. The SMILES string of the molecule is CCC(C)C(C(=O)Nc1n[nH]c(C2CCCCC2)n1)n1cnnn1. The van der Waals surface area contributed by atoms with Crippen molar-refractivity contribution in [1.82, 2.24) is 35.4 Å². The van der Waals surface area contributed by atoms with Crippen molar-refractivity contribution >= 4 is 11.9 Å². The number of nitrogens with zero attached hydrogens (tertiary/aromatic N) is 6. The standard InChI is InChI=1S/C15H24N8O/c1-3-10(2)12(23-9-16-21-22-23)14(24)18-15-17-13(19-20-15)11-7-5-4-6-8-11/h9-12H,3-8H2,1-2H3,(H2,17,18,19,20,24). The molecule has 2 unspecified atom stereocenters. The molecule has 0 spiro atoms. The second kappa shape index (κ2) is 7.50. The first-order valence-electron chi connectivity index (χ1n) is 8.64. The molecule has 0 bridgehead atoms. The fourth-order valence-electron chi connectivity index (χ4n) is 3.23. The Bertz CT molecular complexity index is 646. The van der Waals surface area contributed by atoms with E-state index in [0.717, 1.165) is 25.1 Å². The zero-order chi connectivity index (χ0) is 16.9. The second-order valence-corrected chi connectivity index (χ2v) is 6.49. The van der Waals surface area contributed by atoms with Crippen LogP contribution in [0.5, 0.6) is 0 Å². The summed E-state index contributed by atoms with van der Waals surface area (Å²) in [5, 5.41) is 21.1. The van der Waals surface area contributed by atoms with Gasteiger partial charge in [0.25, 0.3) is 5.91 Å². The van der Waals surface area contributed by atoms with Crippen LogP contribution in [0, 0.1) is 5.92 Å². The summed E-state index contributed by atoms with van der Waals surface area (Å²) in [4.78, 5) is 17.1. The number of amides is 1. The molecular weight excluding hydrogens is 308 g/mol.